The summed E-state index contributed by atoms with van der Waals surface area (Å²) in [5, 5.41) is 8.15. The Hall–Kier alpha value is -1.01. The number of halogens is 1. The van der Waals surface area contributed by atoms with Crippen LogP contribution >= 0.6 is 0 Å². The van der Waals surface area contributed by atoms with Crippen molar-refractivity contribution < 1.29 is 17.0 Å². The van der Waals surface area contributed by atoms with E-state index in [0.29, 0.717) is 6.54 Å². The molecule has 0 saturated heterocycles. The zero-order chi connectivity index (χ0) is 5.82. The third-order valence-corrected chi connectivity index (χ3v) is 0.856. The van der Waals surface area contributed by atoms with E-state index in [9.17, 15) is 0 Å². The number of nitrogens with one attached hydrogen (secondary N) is 1. The molecule has 0 aromatic carbocycles. The minimum atomic E-state index is 0. The lowest BCUT2D eigenvalue weighted by Gasteiger charge is -1.76. The van der Waals surface area contributed by atoms with Crippen LogP contribution in [0.25, 0.3) is 0 Å². The standard InChI is InChI=1S/C5H5N3.ClH/c6-1-3-8-4-2-7-5-8;/h2,4-5H,3H2;1H. The second-order valence-corrected chi connectivity index (χ2v) is 1.44. The maximum absolute atomic E-state index is 8.15. The average Bonchev–Trinajstić information content (AvgIpc) is 2.19. The summed E-state index contributed by atoms with van der Waals surface area (Å²) in [6.45, 7) is 0.420. The molecule has 0 aliphatic heterocycles. The van der Waals surface area contributed by atoms with Crippen LogP contribution in [0.4, 0.5) is 0 Å². The molecular weight excluding hydrogens is 138 g/mol. The van der Waals surface area contributed by atoms with Gasteiger partial charge in [0.2, 0.25) is 6.33 Å². The zero-order valence-corrected chi connectivity index (χ0v) is 5.47. The van der Waals surface area contributed by atoms with Gasteiger partial charge in [-0.1, -0.05) is 0 Å². The molecule has 9 heavy (non-hydrogen) atoms. The molecule has 0 radical (unpaired) electrons. The first-order valence-electron chi connectivity index (χ1n) is 2.32. The first kappa shape index (κ1) is 7.99. The second kappa shape index (κ2) is 3.93. The van der Waals surface area contributed by atoms with Gasteiger partial charge in [-0.05, 0) is 0 Å². The quantitative estimate of drug-likeness (QED) is 0.414. The van der Waals surface area contributed by atoms with Crippen molar-refractivity contribution in [1.29, 1.82) is 5.26 Å². The fourth-order valence-corrected chi connectivity index (χ4v) is 0.501. The van der Waals surface area contributed by atoms with Crippen molar-refractivity contribution in [3.63, 3.8) is 0 Å². The Morgan fingerprint density at radius 3 is 2.89 bits per heavy atom. The normalized spacial score (nSPS) is 7.44. The van der Waals surface area contributed by atoms with Gasteiger partial charge in [0.1, 0.15) is 18.5 Å². The summed E-state index contributed by atoms with van der Waals surface area (Å²) >= 11 is 0. The van der Waals surface area contributed by atoms with Gasteiger partial charge in [0.15, 0.2) is 6.54 Å². The largest absolute Gasteiger partial charge is 1.00 e. The van der Waals surface area contributed by atoms with E-state index < -0.39 is 0 Å². The molecule has 0 amide bonds. The van der Waals surface area contributed by atoms with E-state index in [0.717, 1.165) is 0 Å². The highest BCUT2D eigenvalue weighted by atomic mass is 35.5. The third kappa shape index (κ3) is 2.15. The second-order valence-electron chi connectivity index (χ2n) is 1.44. The highest BCUT2D eigenvalue weighted by Crippen LogP contribution is 1.66. The number of imidazole rings is 1. The molecule has 1 rings (SSSR count). The molecule has 0 saturated carbocycles. The highest BCUT2D eigenvalue weighted by Gasteiger charge is 1.89. The highest BCUT2D eigenvalue weighted by molar-refractivity contribution is 4.62. The maximum Gasteiger partial charge on any atom is 0.242 e. The number of hydrogen-bond acceptors (Lipinski definition) is 1. The van der Waals surface area contributed by atoms with Crippen LogP contribution < -0.4 is 17.0 Å². The molecule has 1 aromatic rings. The number of hydrogen-bond donors (Lipinski definition) is 1. The smallest absolute Gasteiger partial charge is 0.242 e. The predicted molar refractivity (Wildman–Crippen MR) is 26.6 cm³/mol. The molecule has 0 spiro atoms. The molecule has 1 N–H and O–H groups in total. The molecule has 4 heteroatoms. The molecule has 0 aliphatic carbocycles. The third-order valence-electron chi connectivity index (χ3n) is 0.856. The van der Waals surface area contributed by atoms with E-state index in [1.807, 2.05) is 12.3 Å². The molecule has 1 heterocycles. The van der Waals surface area contributed by atoms with E-state index >= 15 is 0 Å². The van der Waals surface area contributed by atoms with Crippen molar-refractivity contribution in [2.24, 2.45) is 0 Å². The van der Waals surface area contributed by atoms with E-state index in [2.05, 4.69) is 4.98 Å². The Balaban J connectivity index is 0.000000640. The van der Waals surface area contributed by atoms with Crippen LogP contribution in [0.2, 0.25) is 0 Å². The minimum Gasteiger partial charge on any atom is -1.00 e. The van der Waals surface area contributed by atoms with E-state index in [1.165, 1.54) is 0 Å². The van der Waals surface area contributed by atoms with Crippen molar-refractivity contribution in [2.75, 3.05) is 0 Å². The molecular formula is C5H6ClN3. The fourth-order valence-electron chi connectivity index (χ4n) is 0.501. The van der Waals surface area contributed by atoms with Crippen LogP contribution in [-0.4, -0.2) is 4.98 Å². The number of nitrogens with zero attached hydrogens (tertiary/aromatic N) is 2. The number of aromatic nitrogens is 2. The van der Waals surface area contributed by atoms with Crippen LogP contribution in [0.5, 0.6) is 0 Å². The summed E-state index contributed by atoms with van der Waals surface area (Å²) < 4.78 is 1.76. The number of nitriles is 1. The lowest BCUT2D eigenvalue weighted by Crippen LogP contribution is -3.00. The van der Waals surface area contributed by atoms with Gasteiger partial charge in [0.25, 0.3) is 0 Å². The monoisotopic (exact) mass is 143 g/mol. The maximum atomic E-state index is 8.15. The van der Waals surface area contributed by atoms with Crippen LogP contribution in [0.15, 0.2) is 18.7 Å². The Kier molecular flexibility index (Phi) is 3.49. The summed E-state index contributed by atoms with van der Waals surface area (Å²) in [4.78, 5) is 2.83. The van der Waals surface area contributed by atoms with Crippen molar-refractivity contribution in [3.05, 3.63) is 18.7 Å². The summed E-state index contributed by atoms with van der Waals surface area (Å²) in [7, 11) is 0. The average molecular weight is 144 g/mol. The van der Waals surface area contributed by atoms with E-state index in [1.54, 1.807) is 17.1 Å². The zero-order valence-electron chi connectivity index (χ0n) is 4.71. The Morgan fingerprint density at radius 2 is 2.44 bits per heavy atom. The summed E-state index contributed by atoms with van der Waals surface area (Å²) in [6.07, 6.45) is 5.32. The van der Waals surface area contributed by atoms with E-state index in [-0.39, 0.29) is 12.4 Å². The molecule has 0 aliphatic rings. The SMILES string of the molecule is N#CC[n+]1cc[nH]c1.[Cl-]. The Bertz CT molecular complexity index is 186. The van der Waals surface area contributed by atoms with Gasteiger partial charge in [-0.2, -0.15) is 5.26 Å². The molecule has 0 fully saturated rings. The number of rotatable bonds is 1. The summed E-state index contributed by atoms with van der Waals surface area (Å²) in [5.74, 6) is 0. The van der Waals surface area contributed by atoms with Crippen molar-refractivity contribution >= 4 is 0 Å². The molecule has 0 bridgehead atoms. The Labute approximate surface area is 59.3 Å². The van der Waals surface area contributed by atoms with Gasteiger partial charge in [0.05, 0.1) is 0 Å². The van der Waals surface area contributed by atoms with Gasteiger partial charge in [-0.3, -0.25) is 4.98 Å². The predicted octanol–water partition coefficient (Wildman–Crippen LogP) is -3.17. The first-order valence-corrected chi connectivity index (χ1v) is 2.32. The molecule has 1 aromatic heterocycles. The number of H-pyrrole nitrogens is 1. The topological polar surface area (TPSA) is 43.5 Å². The molecule has 0 atom stereocenters. The van der Waals surface area contributed by atoms with Gasteiger partial charge in [-0.25, -0.2) is 4.57 Å². The van der Waals surface area contributed by atoms with Gasteiger partial charge >= 0.3 is 0 Å². The van der Waals surface area contributed by atoms with Crippen LogP contribution in [0.3, 0.4) is 0 Å². The van der Waals surface area contributed by atoms with Crippen molar-refractivity contribution in [3.8, 4) is 6.07 Å². The van der Waals surface area contributed by atoms with E-state index in [4.69, 9.17) is 5.26 Å². The van der Waals surface area contributed by atoms with Crippen molar-refractivity contribution in [1.82, 2.24) is 4.98 Å². The minimum absolute atomic E-state index is 0. The summed E-state index contributed by atoms with van der Waals surface area (Å²) in [5.41, 5.74) is 0. The van der Waals surface area contributed by atoms with Gasteiger partial charge < -0.3 is 12.4 Å². The van der Waals surface area contributed by atoms with Crippen LogP contribution in [0.1, 0.15) is 0 Å². The number of aromatic amines is 1. The van der Waals surface area contributed by atoms with Gasteiger partial charge in [-0.15, -0.1) is 0 Å². The molecule has 0 unspecified atom stereocenters. The van der Waals surface area contributed by atoms with Crippen LogP contribution in [0, 0.1) is 11.3 Å². The molecule has 48 valence electrons. The van der Waals surface area contributed by atoms with Gasteiger partial charge in [0, 0.05) is 0 Å². The summed E-state index contributed by atoms with van der Waals surface area (Å²) in [6, 6.07) is 2.01. The lowest BCUT2D eigenvalue weighted by molar-refractivity contribution is -0.683. The first-order chi connectivity index (χ1) is 3.93. The molecule has 3 nitrogen and oxygen atoms in total. The Morgan fingerprint density at radius 1 is 1.67 bits per heavy atom. The fraction of sp³-hybridized carbons (Fsp3) is 0.200. The van der Waals surface area contributed by atoms with Crippen LogP contribution in [-0.2, 0) is 6.54 Å². The lowest BCUT2D eigenvalue weighted by atomic mass is 10.7. The van der Waals surface area contributed by atoms with Crippen molar-refractivity contribution in [2.45, 2.75) is 6.54 Å².